The molecule has 1 N–H and O–H groups in total. The second kappa shape index (κ2) is 9.64. The van der Waals surface area contributed by atoms with Crippen LogP contribution < -0.4 is 9.47 Å². The smallest absolute Gasteiger partial charge is 0.335 e. The van der Waals surface area contributed by atoms with Crippen molar-refractivity contribution in [2.75, 3.05) is 13.2 Å². The van der Waals surface area contributed by atoms with Crippen LogP contribution in [0.5, 0.6) is 11.5 Å². The number of carboxylic acids is 1. The molecule has 1 aliphatic carbocycles. The van der Waals surface area contributed by atoms with Crippen LogP contribution in [0.25, 0.3) is 22.4 Å². The fourth-order valence-electron chi connectivity index (χ4n) is 4.94. The van der Waals surface area contributed by atoms with Gasteiger partial charge in [0.25, 0.3) is 0 Å². The number of hydrogen-bond acceptors (Lipinski definition) is 6. The van der Waals surface area contributed by atoms with Crippen molar-refractivity contribution >= 4 is 17.0 Å². The number of nitrogens with zero attached hydrogens (tertiary/aromatic N) is 5. The van der Waals surface area contributed by atoms with Crippen LogP contribution in [-0.2, 0) is 6.42 Å². The zero-order valence-corrected chi connectivity index (χ0v) is 21.1. The number of aryl methyl sites for hydroxylation is 2. The molecule has 1 fully saturated rings. The lowest BCUT2D eigenvalue weighted by Crippen LogP contribution is -2.13. The van der Waals surface area contributed by atoms with Crippen molar-refractivity contribution in [2.45, 2.75) is 53.4 Å². The van der Waals surface area contributed by atoms with Gasteiger partial charge < -0.3 is 19.1 Å². The molecule has 4 aromatic rings. The molecule has 3 heterocycles. The number of rotatable bonds is 9. The van der Waals surface area contributed by atoms with Crippen LogP contribution in [0.1, 0.15) is 60.7 Å². The minimum absolute atomic E-state index is 0.117. The van der Waals surface area contributed by atoms with Gasteiger partial charge in [0.2, 0.25) is 0 Å². The summed E-state index contributed by atoms with van der Waals surface area (Å²) >= 11 is 0. The van der Waals surface area contributed by atoms with Crippen LogP contribution in [-0.4, -0.2) is 48.6 Å². The average Bonchev–Trinajstić information content (AvgIpc) is 3.35. The molecule has 0 aliphatic heterocycles. The summed E-state index contributed by atoms with van der Waals surface area (Å²) in [7, 11) is 0. The normalized spacial score (nSPS) is 13.7. The topological polar surface area (TPSA) is 104 Å². The highest BCUT2D eigenvalue weighted by molar-refractivity contribution is 5.91. The highest BCUT2D eigenvalue weighted by Gasteiger charge is 2.25. The Bertz CT molecular complexity index is 1390. The van der Waals surface area contributed by atoms with Crippen molar-refractivity contribution in [2.24, 2.45) is 5.92 Å². The predicted molar refractivity (Wildman–Crippen MR) is 136 cm³/mol. The van der Waals surface area contributed by atoms with Gasteiger partial charge in [0, 0.05) is 6.20 Å². The fourth-order valence-corrected chi connectivity index (χ4v) is 4.94. The summed E-state index contributed by atoms with van der Waals surface area (Å²) in [5.41, 5.74) is 4.61. The molecule has 1 saturated carbocycles. The number of pyridine rings is 1. The van der Waals surface area contributed by atoms with Gasteiger partial charge >= 0.3 is 5.97 Å². The first-order chi connectivity index (χ1) is 17.4. The molecule has 1 aromatic carbocycles. The quantitative estimate of drug-likeness (QED) is 0.350. The van der Waals surface area contributed by atoms with Crippen LogP contribution in [0.4, 0.5) is 0 Å². The van der Waals surface area contributed by atoms with Crippen molar-refractivity contribution in [1.82, 2.24) is 24.3 Å². The van der Waals surface area contributed by atoms with Crippen LogP contribution in [0.15, 0.2) is 30.6 Å². The third-order valence-electron chi connectivity index (χ3n) is 6.81. The molecular weight excluding hydrogens is 458 g/mol. The molecule has 0 atom stereocenters. The minimum atomic E-state index is -1.03. The second-order valence-corrected chi connectivity index (χ2v) is 9.21. The van der Waals surface area contributed by atoms with Crippen molar-refractivity contribution in [3.05, 3.63) is 53.4 Å². The molecule has 0 saturated heterocycles. The zero-order valence-electron chi connectivity index (χ0n) is 21.1. The number of ether oxygens (including phenoxy) is 2. The maximum atomic E-state index is 11.8. The molecule has 0 unspecified atom stereocenters. The van der Waals surface area contributed by atoms with E-state index in [-0.39, 0.29) is 5.56 Å². The highest BCUT2D eigenvalue weighted by Crippen LogP contribution is 2.40. The number of carboxylic acid groups (broad SMARTS) is 1. The van der Waals surface area contributed by atoms with Gasteiger partial charge in [-0.15, -0.1) is 10.2 Å². The van der Waals surface area contributed by atoms with E-state index in [0.717, 1.165) is 40.4 Å². The zero-order chi connectivity index (χ0) is 25.4. The summed E-state index contributed by atoms with van der Waals surface area (Å²) in [5.74, 6) is 2.08. The van der Waals surface area contributed by atoms with Crippen LogP contribution in [0.2, 0.25) is 0 Å². The van der Waals surface area contributed by atoms with Gasteiger partial charge in [-0.3, -0.25) is 9.55 Å². The third-order valence-corrected chi connectivity index (χ3v) is 6.81. The van der Waals surface area contributed by atoms with Gasteiger partial charge in [-0.05, 0) is 63.8 Å². The monoisotopic (exact) mass is 489 g/mol. The Morgan fingerprint density at radius 3 is 2.22 bits per heavy atom. The first-order valence-electron chi connectivity index (χ1n) is 12.5. The van der Waals surface area contributed by atoms with E-state index in [9.17, 15) is 9.90 Å². The third kappa shape index (κ3) is 4.19. The molecule has 188 valence electrons. The summed E-state index contributed by atoms with van der Waals surface area (Å²) in [6, 6.07) is 5.20. The standard InChI is InChI=1S/C27H31N5O4/c1-5-35-23-11-19(27(33)34)12-24(36-6-2)26(23)31-15-20(10-18-8-7-9-18)25-22(31)13-21(14-28-25)32-16(3)29-30-17(32)4/h11-15,18H,5-10H2,1-4H3,(H,33,34). The summed E-state index contributed by atoms with van der Waals surface area (Å²) in [4.78, 5) is 16.7. The lowest BCUT2D eigenvalue weighted by molar-refractivity contribution is 0.0695. The van der Waals surface area contributed by atoms with Gasteiger partial charge in [0.1, 0.15) is 28.8 Å². The summed E-state index contributed by atoms with van der Waals surface area (Å²) in [6.07, 6.45) is 8.64. The number of hydrogen-bond donors (Lipinski definition) is 1. The van der Waals surface area contributed by atoms with Crippen molar-refractivity contribution in [1.29, 1.82) is 0 Å². The summed E-state index contributed by atoms with van der Waals surface area (Å²) in [5, 5.41) is 18.1. The Kier molecular flexibility index (Phi) is 6.38. The number of aromatic carboxylic acids is 1. The van der Waals surface area contributed by atoms with Gasteiger partial charge in [-0.25, -0.2) is 4.79 Å². The maximum Gasteiger partial charge on any atom is 0.335 e. The Balaban J connectivity index is 1.78. The molecule has 36 heavy (non-hydrogen) atoms. The molecule has 9 heteroatoms. The Labute approximate surface area is 209 Å². The van der Waals surface area contributed by atoms with Gasteiger partial charge in [0.05, 0.1) is 41.7 Å². The molecule has 0 amide bonds. The number of benzene rings is 1. The molecule has 0 radical (unpaired) electrons. The number of fused-ring (bicyclic) bond motifs is 1. The molecule has 3 aromatic heterocycles. The molecule has 0 spiro atoms. The van der Waals surface area contributed by atoms with Crippen molar-refractivity contribution < 1.29 is 19.4 Å². The van der Waals surface area contributed by atoms with Gasteiger partial charge in [-0.1, -0.05) is 19.3 Å². The van der Waals surface area contributed by atoms with E-state index in [2.05, 4.69) is 22.5 Å². The Hall–Kier alpha value is -3.88. The summed E-state index contributed by atoms with van der Waals surface area (Å²) in [6.45, 7) is 8.36. The fraction of sp³-hybridized carbons (Fsp3) is 0.407. The van der Waals surface area contributed by atoms with Crippen molar-refractivity contribution in [3.8, 4) is 22.9 Å². The molecular formula is C27H31N5O4. The first kappa shape index (κ1) is 23.8. The highest BCUT2D eigenvalue weighted by atomic mass is 16.5. The van der Waals surface area contributed by atoms with E-state index >= 15 is 0 Å². The largest absolute Gasteiger partial charge is 0.492 e. The Morgan fingerprint density at radius 1 is 1.06 bits per heavy atom. The Morgan fingerprint density at radius 2 is 1.69 bits per heavy atom. The van der Waals surface area contributed by atoms with E-state index < -0.39 is 5.97 Å². The van der Waals surface area contributed by atoms with Gasteiger partial charge in [0.15, 0.2) is 0 Å². The van der Waals surface area contributed by atoms with E-state index in [1.807, 2.05) is 43.0 Å². The molecule has 0 bridgehead atoms. The van der Waals surface area contributed by atoms with Crippen LogP contribution in [0.3, 0.4) is 0 Å². The first-order valence-corrected chi connectivity index (χ1v) is 12.5. The van der Waals surface area contributed by atoms with E-state index in [4.69, 9.17) is 14.5 Å². The molecule has 9 nitrogen and oxygen atoms in total. The van der Waals surface area contributed by atoms with E-state index in [1.165, 1.54) is 19.3 Å². The lowest BCUT2D eigenvalue weighted by Gasteiger charge is -2.24. The molecule has 5 rings (SSSR count). The maximum absolute atomic E-state index is 11.8. The number of aromatic nitrogens is 5. The number of carbonyl (C=O) groups is 1. The second-order valence-electron chi connectivity index (χ2n) is 9.21. The average molecular weight is 490 g/mol. The van der Waals surface area contributed by atoms with Gasteiger partial charge in [-0.2, -0.15) is 0 Å². The predicted octanol–water partition coefficient (Wildman–Crippen LogP) is 5.06. The van der Waals surface area contributed by atoms with E-state index in [1.54, 1.807) is 12.1 Å². The van der Waals surface area contributed by atoms with Crippen LogP contribution in [0, 0.1) is 19.8 Å². The molecule has 1 aliphatic rings. The summed E-state index contributed by atoms with van der Waals surface area (Å²) < 4.78 is 15.9. The SMILES string of the molecule is CCOc1cc(C(=O)O)cc(OCC)c1-n1cc(CC2CCC2)c2ncc(-n3c(C)nnc3C)cc21. The van der Waals surface area contributed by atoms with Crippen LogP contribution >= 0.6 is 0 Å². The lowest BCUT2D eigenvalue weighted by atomic mass is 9.81. The van der Waals surface area contributed by atoms with E-state index in [0.29, 0.717) is 36.3 Å². The minimum Gasteiger partial charge on any atom is -0.492 e. The van der Waals surface area contributed by atoms with Crippen molar-refractivity contribution in [3.63, 3.8) is 0 Å².